The highest BCUT2D eigenvalue weighted by atomic mass is 35.5. The van der Waals surface area contributed by atoms with Crippen LogP contribution < -0.4 is 10.5 Å². The fourth-order valence-corrected chi connectivity index (χ4v) is 4.02. The van der Waals surface area contributed by atoms with E-state index in [1.807, 2.05) is 30.3 Å². The van der Waals surface area contributed by atoms with E-state index in [1.54, 1.807) is 30.3 Å². The van der Waals surface area contributed by atoms with Crippen LogP contribution in [0.15, 0.2) is 65.5 Å². The van der Waals surface area contributed by atoms with E-state index in [-0.39, 0.29) is 0 Å². The smallest absolute Gasteiger partial charge is 0.442 e. The molecule has 26 heavy (non-hydrogen) atoms. The number of nitrogens with zero attached hydrogens (tertiary/aromatic N) is 3. The highest BCUT2D eigenvalue weighted by Crippen LogP contribution is 2.37. The second kappa shape index (κ2) is 6.30. The SMILES string of the molecule is N#[N+]c1c([O-])n(-c2ccc(Cl)cc2)c2cc(-c3ccccc3)sc2c1=O. The molecule has 0 fully saturated rings. The average Bonchev–Trinajstić information content (AvgIpc) is 3.10. The minimum Gasteiger partial charge on any atom is -0.854 e. The molecule has 4 rings (SSSR count). The molecule has 0 amide bonds. The summed E-state index contributed by atoms with van der Waals surface area (Å²) < 4.78 is 1.72. The van der Waals surface area contributed by atoms with E-state index in [1.165, 1.54) is 15.9 Å². The molecule has 0 aliphatic heterocycles. The maximum atomic E-state index is 12.7. The molecule has 0 bridgehead atoms. The molecule has 0 radical (unpaired) electrons. The number of thiophene rings is 1. The van der Waals surface area contributed by atoms with Crippen molar-refractivity contribution in [3.63, 3.8) is 0 Å². The van der Waals surface area contributed by atoms with Crippen molar-refractivity contribution in [2.24, 2.45) is 0 Å². The van der Waals surface area contributed by atoms with Crippen molar-refractivity contribution < 1.29 is 5.11 Å². The minimum atomic E-state index is -0.676. The molecule has 2 aromatic heterocycles. The summed E-state index contributed by atoms with van der Waals surface area (Å²) in [5.74, 6) is -0.676. The van der Waals surface area contributed by atoms with Crippen LogP contribution >= 0.6 is 22.9 Å². The van der Waals surface area contributed by atoms with E-state index in [4.69, 9.17) is 11.6 Å². The van der Waals surface area contributed by atoms with E-state index in [2.05, 4.69) is 4.98 Å². The molecule has 0 N–H and O–H groups in total. The lowest BCUT2D eigenvalue weighted by Crippen LogP contribution is -2.12. The first-order valence-electron chi connectivity index (χ1n) is 7.66. The molecule has 0 saturated carbocycles. The highest BCUT2D eigenvalue weighted by molar-refractivity contribution is 7.22. The predicted octanol–water partition coefficient (Wildman–Crippen LogP) is 4.93. The van der Waals surface area contributed by atoms with Gasteiger partial charge in [0.25, 0.3) is 5.43 Å². The second-order valence-corrected chi connectivity index (χ2v) is 7.07. The van der Waals surface area contributed by atoms with Crippen molar-refractivity contribution in [3.8, 4) is 22.0 Å². The molecule has 0 atom stereocenters. The molecule has 0 saturated heterocycles. The summed E-state index contributed by atoms with van der Waals surface area (Å²) in [5, 5.41) is 22.5. The number of fused-ring (bicyclic) bond motifs is 1. The Morgan fingerprint density at radius 3 is 2.42 bits per heavy atom. The van der Waals surface area contributed by atoms with Crippen LogP contribution in [0.1, 0.15) is 0 Å². The first-order chi connectivity index (χ1) is 12.6. The van der Waals surface area contributed by atoms with E-state index >= 15 is 0 Å². The number of hydrogen-bond acceptors (Lipinski definition) is 4. The zero-order valence-corrected chi connectivity index (χ0v) is 14.8. The third-order valence-electron chi connectivity index (χ3n) is 4.02. The van der Waals surface area contributed by atoms with Crippen LogP contribution in [0.5, 0.6) is 5.88 Å². The molecule has 0 aliphatic rings. The fourth-order valence-electron chi connectivity index (χ4n) is 2.81. The van der Waals surface area contributed by atoms with Gasteiger partial charge in [-0.3, -0.25) is 4.79 Å². The first-order valence-corrected chi connectivity index (χ1v) is 8.85. The molecule has 0 aliphatic carbocycles. The normalized spacial score (nSPS) is 10.8. The van der Waals surface area contributed by atoms with E-state index in [0.29, 0.717) is 20.9 Å². The zero-order chi connectivity index (χ0) is 18.3. The van der Waals surface area contributed by atoms with Crippen molar-refractivity contribution >= 4 is 38.8 Å². The summed E-state index contributed by atoms with van der Waals surface area (Å²) in [6.07, 6.45) is 0. The molecular formula is C19H10ClN3O2S. The molecule has 0 spiro atoms. The van der Waals surface area contributed by atoms with Gasteiger partial charge < -0.3 is 9.67 Å². The third kappa shape index (κ3) is 2.54. The lowest BCUT2D eigenvalue weighted by atomic mass is 10.2. The molecule has 0 unspecified atom stereocenters. The summed E-state index contributed by atoms with van der Waals surface area (Å²) >= 11 is 7.19. The number of rotatable bonds is 2. The number of halogens is 1. The summed E-state index contributed by atoms with van der Waals surface area (Å²) in [4.78, 5) is 16.4. The van der Waals surface area contributed by atoms with Crippen LogP contribution in [0.25, 0.3) is 31.3 Å². The molecule has 2 aromatic carbocycles. The van der Waals surface area contributed by atoms with E-state index < -0.39 is 17.0 Å². The van der Waals surface area contributed by atoms with Gasteiger partial charge in [-0.2, -0.15) is 0 Å². The second-order valence-electron chi connectivity index (χ2n) is 5.59. The maximum Gasteiger partial charge on any atom is 0.442 e. The Kier molecular flexibility index (Phi) is 3.96. The van der Waals surface area contributed by atoms with Gasteiger partial charge in [0.1, 0.15) is 4.70 Å². The Morgan fingerprint density at radius 2 is 1.77 bits per heavy atom. The Hall–Kier alpha value is -3.14. The standard InChI is InChI=1S/C19H10ClN3O2S/c20-12-6-8-13(9-7-12)23-14-10-15(11-4-2-1-3-5-11)26-18(14)17(24)16(22-21)19(23)25/h1-10H. The van der Waals surface area contributed by atoms with Gasteiger partial charge in [0, 0.05) is 15.6 Å². The van der Waals surface area contributed by atoms with Gasteiger partial charge in [0.15, 0.2) is 4.98 Å². The maximum absolute atomic E-state index is 12.7. The number of diazo groups is 1. The zero-order valence-electron chi connectivity index (χ0n) is 13.2. The Labute approximate surface area is 157 Å². The Bertz CT molecular complexity index is 1220. The lowest BCUT2D eigenvalue weighted by molar-refractivity contribution is -0.275. The molecule has 5 nitrogen and oxygen atoms in total. The van der Waals surface area contributed by atoms with Crippen LogP contribution in [-0.4, -0.2) is 4.57 Å². The van der Waals surface area contributed by atoms with Gasteiger partial charge in [-0.1, -0.05) is 41.9 Å². The van der Waals surface area contributed by atoms with Crippen LogP contribution in [-0.2, 0) is 0 Å². The number of pyridine rings is 1. The van der Waals surface area contributed by atoms with Crippen LogP contribution in [0.2, 0.25) is 5.02 Å². The van der Waals surface area contributed by atoms with Crippen LogP contribution in [0.3, 0.4) is 0 Å². The monoisotopic (exact) mass is 379 g/mol. The third-order valence-corrected chi connectivity index (χ3v) is 5.45. The minimum absolute atomic E-state index is 0.353. The van der Waals surface area contributed by atoms with Gasteiger partial charge >= 0.3 is 5.69 Å². The van der Waals surface area contributed by atoms with Crippen LogP contribution in [0.4, 0.5) is 5.69 Å². The molecule has 7 heteroatoms. The summed E-state index contributed by atoms with van der Waals surface area (Å²) in [6, 6.07) is 18.0. The topological polar surface area (TPSA) is 73.2 Å². The van der Waals surface area contributed by atoms with Crippen LogP contribution in [0, 0.1) is 5.39 Å². The summed E-state index contributed by atoms with van der Waals surface area (Å²) in [6.45, 7) is 0. The van der Waals surface area contributed by atoms with Gasteiger partial charge in [-0.15, -0.1) is 11.3 Å². The number of benzene rings is 2. The van der Waals surface area contributed by atoms with Crippen molar-refractivity contribution in [3.05, 3.63) is 80.9 Å². The average molecular weight is 380 g/mol. The summed E-state index contributed by atoms with van der Waals surface area (Å²) in [5.41, 5.74) is 0.856. The predicted molar refractivity (Wildman–Crippen MR) is 102 cm³/mol. The number of aromatic nitrogens is 1. The lowest BCUT2D eigenvalue weighted by Gasteiger charge is -2.16. The fraction of sp³-hybridized carbons (Fsp3) is 0. The Morgan fingerprint density at radius 1 is 1.08 bits per heavy atom. The van der Waals surface area contributed by atoms with Gasteiger partial charge in [0.2, 0.25) is 5.39 Å². The highest BCUT2D eigenvalue weighted by Gasteiger charge is 2.23. The molecule has 126 valence electrons. The number of hydrogen-bond donors (Lipinski definition) is 0. The first kappa shape index (κ1) is 16.3. The molecular weight excluding hydrogens is 370 g/mol. The molecule has 2 heterocycles. The molecule has 4 aromatic rings. The van der Waals surface area contributed by atoms with Crippen molar-refractivity contribution in [1.29, 1.82) is 5.39 Å². The van der Waals surface area contributed by atoms with Crippen molar-refractivity contribution in [1.82, 2.24) is 4.57 Å². The van der Waals surface area contributed by atoms with Gasteiger partial charge in [0.05, 0.1) is 11.4 Å². The van der Waals surface area contributed by atoms with Crippen molar-refractivity contribution in [2.45, 2.75) is 0 Å². The Balaban J connectivity index is 2.10. The van der Waals surface area contributed by atoms with Gasteiger partial charge in [-0.05, 0) is 35.9 Å². The summed E-state index contributed by atoms with van der Waals surface area (Å²) in [7, 11) is 0. The van der Waals surface area contributed by atoms with Crippen molar-refractivity contribution in [2.75, 3.05) is 0 Å². The van der Waals surface area contributed by atoms with E-state index in [9.17, 15) is 15.3 Å². The largest absolute Gasteiger partial charge is 0.854 e. The quantitative estimate of drug-likeness (QED) is 0.463. The van der Waals surface area contributed by atoms with Gasteiger partial charge in [-0.25, -0.2) is 0 Å². The van der Waals surface area contributed by atoms with E-state index in [0.717, 1.165) is 10.4 Å².